The number of aromatic hydroxyl groups is 3. The molecule has 3 aromatic carbocycles. The van der Waals surface area contributed by atoms with Crippen LogP contribution in [-0.4, -0.2) is 28.4 Å². The lowest BCUT2D eigenvalue weighted by Gasteiger charge is -2.27. The number of ether oxygens (including phenoxy) is 2. The smallest absolute Gasteiger partial charge is 0.312 e. The maximum absolute atomic E-state index is 13.0. The Labute approximate surface area is 186 Å². The third-order valence-electron chi connectivity index (χ3n) is 5.71. The number of hydrogen-bond acceptors (Lipinski definition) is 8. The maximum Gasteiger partial charge on any atom is 0.312 e. The van der Waals surface area contributed by atoms with E-state index >= 15 is 0 Å². The molecule has 0 fully saturated rings. The van der Waals surface area contributed by atoms with Crippen LogP contribution in [0.25, 0.3) is 22.3 Å². The van der Waals surface area contributed by atoms with Gasteiger partial charge < -0.3 is 29.2 Å². The summed E-state index contributed by atoms with van der Waals surface area (Å²) in [5.74, 6) is -2.73. The van der Waals surface area contributed by atoms with E-state index in [1.54, 1.807) is 36.4 Å². The number of methoxy groups -OCH3 is 1. The van der Waals surface area contributed by atoms with Crippen LogP contribution in [0.5, 0.6) is 28.7 Å². The second-order valence-corrected chi connectivity index (χ2v) is 7.65. The molecule has 166 valence electrons. The van der Waals surface area contributed by atoms with Crippen LogP contribution in [0.1, 0.15) is 23.5 Å². The standard InChI is InChI=1S/C25H18O8/c1-31-18-9-13(7-8-15(18)26)14-10-19(28)33-25-20(14)24-21(22(29)23(25)30)16(27)11-17(32-24)12-5-3-2-4-6-12/h2-9,11,14,26,29-30H,10H2,1H3/t14-/m1/s1. The minimum Gasteiger partial charge on any atom is -0.504 e. The number of carbonyl (C=O) groups is 1. The minimum absolute atomic E-state index is 0.00352. The molecule has 0 spiro atoms. The predicted octanol–water partition coefficient (Wildman–Crippen LogP) is 4.03. The van der Waals surface area contributed by atoms with E-state index in [4.69, 9.17) is 13.9 Å². The Morgan fingerprint density at radius 1 is 0.970 bits per heavy atom. The molecule has 8 heteroatoms. The summed E-state index contributed by atoms with van der Waals surface area (Å²) in [4.78, 5) is 25.4. The van der Waals surface area contributed by atoms with E-state index in [1.165, 1.54) is 19.2 Å². The van der Waals surface area contributed by atoms with Crippen LogP contribution in [0.15, 0.2) is 63.8 Å². The van der Waals surface area contributed by atoms with Gasteiger partial charge in [-0.25, -0.2) is 0 Å². The maximum atomic E-state index is 13.0. The van der Waals surface area contributed by atoms with E-state index in [2.05, 4.69) is 0 Å². The number of benzene rings is 3. The molecular weight excluding hydrogens is 428 g/mol. The number of hydrogen-bond donors (Lipinski definition) is 3. The number of rotatable bonds is 3. The topological polar surface area (TPSA) is 126 Å². The van der Waals surface area contributed by atoms with E-state index in [-0.39, 0.29) is 46.0 Å². The fourth-order valence-corrected chi connectivity index (χ4v) is 4.15. The van der Waals surface area contributed by atoms with Crippen molar-refractivity contribution in [1.29, 1.82) is 0 Å². The molecule has 8 nitrogen and oxygen atoms in total. The molecule has 5 rings (SSSR count). The summed E-state index contributed by atoms with van der Waals surface area (Å²) < 4.78 is 16.6. The van der Waals surface area contributed by atoms with Crippen molar-refractivity contribution in [2.24, 2.45) is 0 Å². The molecule has 0 saturated heterocycles. The first-order chi connectivity index (χ1) is 15.9. The summed E-state index contributed by atoms with van der Waals surface area (Å²) >= 11 is 0. The lowest BCUT2D eigenvalue weighted by Crippen LogP contribution is -2.22. The Hall–Kier alpha value is -4.46. The number of phenolic OH excluding ortho intramolecular Hbond substituents is 3. The largest absolute Gasteiger partial charge is 0.504 e. The first-order valence-electron chi connectivity index (χ1n) is 10.1. The van der Waals surface area contributed by atoms with Crippen molar-refractivity contribution < 1.29 is 34.0 Å². The molecule has 4 aromatic rings. The lowest BCUT2D eigenvalue weighted by atomic mass is 9.84. The summed E-state index contributed by atoms with van der Waals surface area (Å²) in [6, 6.07) is 14.7. The van der Waals surface area contributed by atoms with Crippen molar-refractivity contribution in [1.82, 2.24) is 0 Å². The van der Waals surface area contributed by atoms with Crippen LogP contribution < -0.4 is 14.9 Å². The average molecular weight is 446 g/mol. The van der Waals surface area contributed by atoms with Gasteiger partial charge in [-0.3, -0.25) is 9.59 Å². The highest BCUT2D eigenvalue weighted by Gasteiger charge is 2.37. The van der Waals surface area contributed by atoms with Crippen molar-refractivity contribution in [2.75, 3.05) is 7.11 Å². The summed E-state index contributed by atoms with van der Waals surface area (Å²) in [5.41, 5.74) is 0.860. The average Bonchev–Trinajstić information content (AvgIpc) is 2.82. The van der Waals surface area contributed by atoms with Crippen molar-refractivity contribution >= 4 is 16.9 Å². The van der Waals surface area contributed by atoms with Crippen molar-refractivity contribution in [2.45, 2.75) is 12.3 Å². The molecule has 0 radical (unpaired) electrons. The molecule has 1 atom stereocenters. The molecule has 0 bridgehead atoms. The van der Waals surface area contributed by atoms with Gasteiger partial charge in [0.15, 0.2) is 28.4 Å². The highest BCUT2D eigenvalue weighted by atomic mass is 16.5. The van der Waals surface area contributed by atoms with Crippen LogP contribution in [-0.2, 0) is 4.79 Å². The van der Waals surface area contributed by atoms with E-state index < -0.39 is 28.8 Å². The van der Waals surface area contributed by atoms with Gasteiger partial charge in [0.25, 0.3) is 0 Å². The van der Waals surface area contributed by atoms with Gasteiger partial charge in [-0.2, -0.15) is 0 Å². The number of fused-ring (bicyclic) bond motifs is 3. The Morgan fingerprint density at radius 2 is 1.73 bits per heavy atom. The Kier molecular flexibility index (Phi) is 4.70. The van der Waals surface area contributed by atoms with E-state index in [9.17, 15) is 24.9 Å². The molecule has 0 amide bonds. The van der Waals surface area contributed by atoms with Crippen molar-refractivity contribution in [3.05, 3.63) is 75.9 Å². The van der Waals surface area contributed by atoms with Gasteiger partial charge >= 0.3 is 5.97 Å². The monoisotopic (exact) mass is 446 g/mol. The van der Waals surface area contributed by atoms with Gasteiger partial charge in [0.05, 0.1) is 19.1 Å². The summed E-state index contributed by atoms with van der Waals surface area (Å²) in [5, 5.41) is 30.9. The quantitative estimate of drug-likeness (QED) is 0.245. The highest BCUT2D eigenvalue weighted by molar-refractivity contribution is 5.96. The van der Waals surface area contributed by atoms with Crippen molar-refractivity contribution in [3.8, 4) is 40.1 Å². The summed E-state index contributed by atoms with van der Waals surface area (Å²) in [6.07, 6.45) is -0.125. The normalized spacial score (nSPS) is 15.2. The molecule has 0 unspecified atom stereocenters. The summed E-state index contributed by atoms with van der Waals surface area (Å²) in [7, 11) is 1.40. The van der Waals surface area contributed by atoms with Gasteiger partial charge in [-0.05, 0) is 17.7 Å². The molecule has 3 N–H and O–H groups in total. The van der Waals surface area contributed by atoms with Gasteiger partial charge in [0.1, 0.15) is 16.7 Å². The minimum atomic E-state index is -0.728. The molecule has 1 aliphatic rings. The van der Waals surface area contributed by atoms with Crippen LogP contribution in [0.2, 0.25) is 0 Å². The zero-order chi connectivity index (χ0) is 23.3. The fraction of sp³-hybridized carbons (Fsp3) is 0.120. The third-order valence-corrected chi connectivity index (χ3v) is 5.71. The number of carbonyl (C=O) groups excluding carboxylic acids is 1. The molecule has 33 heavy (non-hydrogen) atoms. The Bertz CT molecular complexity index is 1470. The van der Waals surface area contributed by atoms with Gasteiger partial charge in [0, 0.05) is 17.5 Å². The van der Waals surface area contributed by atoms with Crippen LogP contribution in [0.3, 0.4) is 0 Å². The van der Waals surface area contributed by atoms with Crippen LogP contribution >= 0.6 is 0 Å². The summed E-state index contributed by atoms with van der Waals surface area (Å²) in [6.45, 7) is 0. The molecule has 0 saturated carbocycles. The third kappa shape index (κ3) is 3.23. The zero-order valence-electron chi connectivity index (χ0n) is 17.4. The SMILES string of the molecule is COc1cc([C@H]2CC(=O)Oc3c(O)c(O)c4c(=O)cc(-c5ccccc5)oc4c32)ccc1O. The molecule has 2 heterocycles. The number of esters is 1. The zero-order valence-corrected chi connectivity index (χ0v) is 17.4. The van der Waals surface area contributed by atoms with Gasteiger partial charge in [0.2, 0.25) is 5.75 Å². The molecule has 1 aromatic heterocycles. The van der Waals surface area contributed by atoms with Crippen LogP contribution in [0, 0.1) is 0 Å². The van der Waals surface area contributed by atoms with E-state index in [0.29, 0.717) is 11.1 Å². The molecule has 1 aliphatic heterocycles. The first-order valence-corrected chi connectivity index (χ1v) is 10.1. The second kappa shape index (κ2) is 7.59. The van der Waals surface area contributed by atoms with E-state index in [0.717, 1.165) is 0 Å². The Morgan fingerprint density at radius 3 is 2.45 bits per heavy atom. The van der Waals surface area contributed by atoms with Crippen LogP contribution in [0.4, 0.5) is 0 Å². The predicted molar refractivity (Wildman–Crippen MR) is 118 cm³/mol. The highest BCUT2D eigenvalue weighted by Crippen LogP contribution is 2.52. The van der Waals surface area contributed by atoms with Crippen molar-refractivity contribution in [3.63, 3.8) is 0 Å². The lowest BCUT2D eigenvalue weighted by molar-refractivity contribution is -0.135. The molecule has 0 aliphatic carbocycles. The fourth-order valence-electron chi connectivity index (χ4n) is 4.15. The first kappa shape index (κ1) is 20.4. The Balaban J connectivity index is 1.86. The number of phenols is 3. The molecular formula is C25H18O8. The van der Waals surface area contributed by atoms with Gasteiger partial charge in [-0.15, -0.1) is 0 Å². The second-order valence-electron chi connectivity index (χ2n) is 7.65. The van der Waals surface area contributed by atoms with Gasteiger partial charge in [-0.1, -0.05) is 36.4 Å². The van der Waals surface area contributed by atoms with E-state index in [1.807, 2.05) is 6.07 Å².